The summed E-state index contributed by atoms with van der Waals surface area (Å²) in [6.45, 7) is 1.81. The highest BCUT2D eigenvalue weighted by molar-refractivity contribution is 6.29. The number of amides is 1. The highest BCUT2D eigenvalue weighted by Crippen LogP contribution is 2.33. The molecular weight excluding hydrogens is 437 g/mol. The molecule has 1 saturated heterocycles. The summed E-state index contributed by atoms with van der Waals surface area (Å²) >= 11 is 5.63. The van der Waals surface area contributed by atoms with Gasteiger partial charge < -0.3 is 20.5 Å². The van der Waals surface area contributed by atoms with E-state index in [1.807, 2.05) is 6.07 Å². The fraction of sp³-hybridized carbons (Fsp3) is 0.238. The lowest BCUT2D eigenvalue weighted by molar-refractivity contribution is 0.0941. The number of anilines is 1. The third-order valence-electron chi connectivity index (χ3n) is 5.38. The predicted octanol–water partition coefficient (Wildman–Crippen LogP) is 3.11. The van der Waals surface area contributed by atoms with Crippen LogP contribution in [0.4, 0.5) is 10.2 Å². The lowest BCUT2D eigenvalue weighted by Crippen LogP contribution is -2.23. The molecule has 1 fully saturated rings. The van der Waals surface area contributed by atoms with Crippen molar-refractivity contribution in [1.82, 2.24) is 31.0 Å². The third-order valence-corrected chi connectivity index (χ3v) is 5.56. The summed E-state index contributed by atoms with van der Waals surface area (Å²) in [4.78, 5) is 16.4. The number of halogens is 2. The Labute approximate surface area is 186 Å². The summed E-state index contributed by atoms with van der Waals surface area (Å²) < 4.78 is 19.5. The van der Waals surface area contributed by atoms with E-state index in [-0.39, 0.29) is 23.5 Å². The number of carbonyl (C=O) groups is 1. The number of H-pyrrole nitrogens is 1. The van der Waals surface area contributed by atoms with Crippen LogP contribution in [0.25, 0.3) is 22.2 Å². The Hall–Kier alpha value is -3.50. The van der Waals surface area contributed by atoms with Gasteiger partial charge in [0.15, 0.2) is 17.2 Å². The van der Waals surface area contributed by atoms with Crippen LogP contribution in [-0.4, -0.2) is 45.4 Å². The van der Waals surface area contributed by atoms with Crippen LogP contribution >= 0.6 is 11.6 Å². The summed E-state index contributed by atoms with van der Waals surface area (Å²) in [7, 11) is 0. The van der Waals surface area contributed by atoms with Crippen LogP contribution in [0.1, 0.15) is 22.5 Å². The Balaban J connectivity index is 1.38. The van der Waals surface area contributed by atoms with Gasteiger partial charge in [-0.1, -0.05) is 17.3 Å². The number of rotatable bonds is 6. The predicted molar refractivity (Wildman–Crippen MR) is 117 cm³/mol. The molecule has 9 nitrogen and oxygen atoms in total. The minimum absolute atomic E-state index is 0.00558. The van der Waals surface area contributed by atoms with E-state index in [1.165, 1.54) is 12.1 Å². The van der Waals surface area contributed by atoms with Crippen LogP contribution in [0.2, 0.25) is 5.22 Å². The summed E-state index contributed by atoms with van der Waals surface area (Å²) in [6.07, 6.45) is 2.66. The fourth-order valence-electron chi connectivity index (χ4n) is 3.75. The van der Waals surface area contributed by atoms with Gasteiger partial charge in [-0.05, 0) is 47.8 Å². The maximum Gasteiger partial charge on any atom is 0.273 e. The Morgan fingerprint density at radius 2 is 2.22 bits per heavy atom. The quantitative estimate of drug-likeness (QED) is 0.352. The van der Waals surface area contributed by atoms with Crippen molar-refractivity contribution >= 4 is 34.4 Å². The van der Waals surface area contributed by atoms with Gasteiger partial charge in [-0.2, -0.15) is 5.10 Å². The topological polar surface area (TPSA) is 121 Å². The molecule has 4 heterocycles. The largest absolute Gasteiger partial charge is 0.364 e. The van der Waals surface area contributed by atoms with E-state index in [1.54, 1.807) is 18.3 Å². The lowest BCUT2D eigenvalue weighted by Gasteiger charge is -2.12. The molecule has 4 aromatic rings. The summed E-state index contributed by atoms with van der Waals surface area (Å²) in [5, 5.41) is 21.0. The smallest absolute Gasteiger partial charge is 0.273 e. The average molecular weight is 456 g/mol. The van der Waals surface area contributed by atoms with Crippen molar-refractivity contribution in [2.45, 2.75) is 19.0 Å². The molecule has 0 saturated carbocycles. The van der Waals surface area contributed by atoms with Gasteiger partial charge in [0.05, 0.1) is 5.39 Å². The maximum absolute atomic E-state index is 14.9. The normalized spacial score (nSPS) is 15.9. The van der Waals surface area contributed by atoms with Crippen LogP contribution in [0, 0.1) is 5.82 Å². The minimum atomic E-state index is -0.504. The molecule has 0 aliphatic carbocycles. The van der Waals surface area contributed by atoms with Crippen LogP contribution in [-0.2, 0) is 6.54 Å². The number of hydrogen-bond donors (Lipinski definition) is 4. The number of nitrogens with zero attached hydrogens (tertiary/aromatic N) is 3. The Bertz CT molecular complexity index is 1280. The summed E-state index contributed by atoms with van der Waals surface area (Å²) in [6, 6.07) is 8.29. The molecule has 1 unspecified atom stereocenters. The van der Waals surface area contributed by atoms with Gasteiger partial charge in [0.1, 0.15) is 5.82 Å². The van der Waals surface area contributed by atoms with Gasteiger partial charge in [-0.15, -0.1) is 0 Å². The highest BCUT2D eigenvalue weighted by Gasteiger charge is 2.20. The van der Waals surface area contributed by atoms with E-state index in [9.17, 15) is 9.18 Å². The number of hydrogen-bond acceptors (Lipinski definition) is 7. The van der Waals surface area contributed by atoms with E-state index in [0.717, 1.165) is 30.5 Å². The molecule has 0 spiro atoms. The van der Waals surface area contributed by atoms with Crippen molar-refractivity contribution in [2.75, 3.05) is 18.4 Å². The molecule has 0 radical (unpaired) electrons. The van der Waals surface area contributed by atoms with Crippen LogP contribution in [0.15, 0.2) is 41.1 Å². The first-order valence-electron chi connectivity index (χ1n) is 10.1. The number of nitrogens with one attached hydrogen (secondary N) is 4. The zero-order valence-electron chi connectivity index (χ0n) is 16.8. The molecule has 1 aliphatic rings. The summed E-state index contributed by atoms with van der Waals surface area (Å²) in [5.41, 5.74) is 2.48. The molecular formula is C21H19ClFN7O2. The van der Waals surface area contributed by atoms with Gasteiger partial charge in [-0.25, -0.2) is 9.37 Å². The second kappa shape index (κ2) is 8.56. The van der Waals surface area contributed by atoms with Crippen molar-refractivity contribution < 1.29 is 13.7 Å². The number of aromatic amines is 1. The molecule has 164 valence electrons. The first-order chi connectivity index (χ1) is 15.6. The lowest BCUT2D eigenvalue weighted by atomic mass is 10.0. The van der Waals surface area contributed by atoms with Crippen LogP contribution in [0.3, 0.4) is 0 Å². The van der Waals surface area contributed by atoms with Gasteiger partial charge >= 0.3 is 0 Å². The Morgan fingerprint density at radius 1 is 1.31 bits per heavy atom. The van der Waals surface area contributed by atoms with Gasteiger partial charge in [-0.3, -0.25) is 9.89 Å². The fourth-order valence-corrected chi connectivity index (χ4v) is 3.89. The number of pyridine rings is 1. The molecule has 1 aromatic carbocycles. The molecule has 0 bridgehead atoms. The minimum Gasteiger partial charge on any atom is -0.364 e. The second-order valence-electron chi connectivity index (χ2n) is 7.49. The van der Waals surface area contributed by atoms with E-state index in [2.05, 4.69) is 40.8 Å². The molecule has 1 atom stereocenters. The molecule has 5 rings (SSSR count). The van der Waals surface area contributed by atoms with Crippen molar-refractivity contribution in [3.63, 3.8) is 0 Å². The highest BCUT2D eigenvalue weighted by atomic mass is 35.5. The first-order valence-corrected chi connectivity index (χ1v) is 10.5. The molecule has 3 aromatic heterocycles. The molecule has 1 aliphatic heterocycles. The number of aromatic nitrogens is 4. The van der Waals surface area contributed by atoms with E-state index in [0.29, 0.717) is 22.6 Å². The molecule has 32 heavy (non-hydrogen) atoms. The Morgan fingerprint density at radius 3 is 2.97 bits per heavy atom. The average Bonchev–Trinajstić information content (AvgIpc) is 3.55. The van der Waals surface area contributed by atoms with Crippen molar-refractivity contribution in [1.29, 1.82) is 0 Å². The first kappa shape index (κ1) is 20.4. The van der Waals surface area contributed by atoms with E-state index < -0.39 is 11.7 Å². The monoisotopic (exact) mass is 455 g/mol. The van der Waals surface area contributed by atoms with Gasteiger partial charge in [0.25, 0.3) is 5.91 Å². The van der Waals surface area contributed by atoms with Gasteiger partial charge in [0.2, 0.25) is 5.22 Å². The third kappa shape index (κ3) is 4.02. The van der Waals surface area contributed by atoms with E-state index in [4.69, 9.17) is 11.6 Å². The van der Waals surface area contributed by atoms with Gasteiger partial charge in [0, 0.05) is 37.0 Å². The number of benzene rings is 1. The SMILES string of the molecule is O=C(NCc1ccc(-c2ccnc3[nH]nc(NC4CCNC4)c23)cc1F)c1cc(Cl)on1. The number of fused-ring (bicyclic) bond motifs is 1. The zero-order valence-corrected chi connectivity index (χ0v) is 17.5. The van der Waals surface area contributed by atoms with Crippen molar-refractivity contribution in [3.05, 3.63) is 58.8 Å². The Kier molecular flexibility index (Phi) is 5.46. The molecule has 1 amide bonds. The van der Waals surface area contributed by atoms with Crippen LogP contribution in [0.5, 0.6) is 0 Å². The van der Waals surface area contributed by atoms with Crippen LogP contribution < -0.4 is 16.0 Å². The number of carbonyl (C=O) groups excluding carboxylic acids is 1. The second-order valence-corrected chi connectivity index (χ2v) is 7.87. The summed E-state index contributed by atoms with van der Waals surface area (Å²) in [5.74, 6) is -0.251. The zero-order chi connectivity index (χ0) is 22.1. The van der Waals surface area contributed by atoms with Crippen molar-refractivity contribution in [3.8, 4) is 11.1 Å². The molecule has 4 N–H and O–H groups in total. The molecule has 11 heteroatoms. The van der Waals surface area contributed by atoms with E-state index >= 15 is 0 Å². The standard InChI is InChI=1S/C21H19ClFN7O2/c22-17-8-16(30-32-17)21(31)26-9-12-2-1-11(7-15(12)23)14-4-6-25-19-18(14)20(29-28-19)27-13-3-5-24-10-13/h1-2,4,6-8,13,24H,3,5,9-10H2,(H,26,31)(H2,25,27,28,29). The maximum atomic E-state index is 14.9. The van der Waals surface area contributed by atoms with Crippen molar-refractivity contribution in [2.24, 2.45) is 0 Å².